The Bertz CT molecular complexity index is 891. The number of carbonyl (C=O) groups is 1. The normalized spacial score (nSPS) is 17.6. The van der Waals surface area contributed by atoms with Gasteiger partial charge in [0.25, 0.3) is 5.91 Å². The fraction of sp³-hybridized carbons (Fsp3) is 0.381. The monoisotopic (exact) mass is 405 g/mol. The molecule has 0 unspecified atom stereocenters. The summed E-state index contributed by atoms with van der Waals surface area (Å²) in [6.07, 6.45) is -4.71. The van der Waals surface area contributed by atoms with E-state index in [-0.39, 0.29) is 11.7 Å². The Hall–Kier alpha value is -2.74. The summed E-state index contributed by atoms with van der Waals surface area (Å²) in [5.74, 6) is -0.324. The summed E-state index contributed by atoms with van der Waals surface area (Å²) < 4.78 is 40.7. The van der Waals surface area contributed by atoms with E-state index in [1.807, 2.05) is 12.1 Å². The first-order chi connectivity index (χ1) is 13.8. The van der Waals surface area contributed by atoms with Crippen LogP contribution in [0.4, 0.5) is 18.9 Å². The van der Waals surface area contributed by atoms with Crippen molar-refractivity contribution in [2.24, 2.45) is 0 Å². The fourth-order valence-electron chi connectivity index (χ4n) is 3.77. The average molecular weight is 405 g/mol. The molecule has 1 saturated heterocycles. The van der Waals surface area contributed by atoms with Crippen molar-refractivity contribution in [3.8, 4) is 5.75 Å². The molecule has 0 N–H and O–H groups in total. The molecule has 2 aromatic rings. The van der Waals surface area contributed by atoms with Crippen LogP contribution in [-0.4, -0.2) is 55.3 Å². The Morgan fingerprint density at radius 3 is 2.34 bits per heavy atom. The van der Waals surface area contributed by atoms with Crippen molar-refractivity contribution >= 4 is 11.6 Å². The molecule has 0 bridgehead atoms. The topological polar surface area (TPSA) is 36.0 Å². The highest BCUT2D eigenvalue weighted by Gasteiger charge is 2.31. The summed E-state index contributed by atoms with van der Waals surface area (Å²) in [4.78, 5) is 19.0. The summed E-state index contributed by atoms with van der Waals surface area (Å²) in [7, 11) is 2.11. The summed E-state index contributed by atoms with van der Waals surface area (Å²) in [6, 6.07) is 11.6. The molecule has 4 rings (SSSR count). The lowest BCUT2D eigenvalue weighted by Gasteiger charge is -2.34. The van der Waals surface area contributed by atoms with E-state index in [1.54, 1.807) is 17.0 Å². The van der Waals surface area contributed by atoms with Gasteiger partial charge in [-0.2, -0.15) is 0 Å². The minimum Gasteiger partial charge on any atom is -0.406 e. The predicted octanol–water partition coefficient (Wildman–Crippen LogP) is 3.49. The van der Waals surface area contributed by atoms with E-state index < -0.39 is 6.36 Å². The van der Waals surface area contributed by atoms with Gasteiger partial charge < -0.3 is 19.4 Å². The molecule has 29 heavy (non-hydrogen) atoms. The number of ether oxygens (including phenoxy) is 1. The van der Waals surface area contributed by atoms with E-state index in [0.29, 0.717) is 18.7 Å². The molecule has 8 heteroatoms. The number of carbonyl (C=O) groups excluding carboxylic acids is 1. The van der Waals surface area contributed by atoms with E-state index in [1.165, 1.54) is 12.1 Å². The van der Waals surface area contributed by atoms with Gasteiger partial charge in [-0.25, -0.2) is 0 Å². The second kappa shape index (κ2) is 7.59. The highest BCUT2D eigenvalue weighted by atomic mass is 19.4. The lowest BCUT2D eigenvalue weighted by Crippen LogP contribution is -2.44. The first kappa shape index (κ1) is 19.6. The Kier molecular flexibility index (Phi) is 5.12. The molecule has 1 fully saturated rings. The largest absolute Gasteiger partial charge is 0.573 e. The van der Waals surface area contributed by atoms with E-state index >= 15 is 0 Å². The molecular formula is C21H22F3N3O2. The van der Waals surface area contributed by atoms with Crippen LogP contribution < -0.4 is 9.64 Å². The highest BCUT2D eigenvalue weighted by Crippen LogP contribution is 2.30. The van der Waals surface area contributed by atoms with Crippen LogP contribution in [0.2, 0.25) is 0 Å². The minimum atomic E-state index is -4.71. The van der Waals surface area contributed by atoms with Crippen molar-refractivity contribution in [1.29, 1.82) is 0 Å². The molecule has 2 aliphatic heterocycles. The van der Waals surface area contributed by atoms with Crippen LogP contribution in [0.3, 0.4) is 0 Å². The molecule has 0 aromatic heterocycles. The smallest absolute Gasteiger partial charge is 0.406 e. The molecule has 0 atom stereocenters. The van der Waals surface area contributed by atoms with Gasteiger partial charge in [0.1, 0.15) is 5.75 Å². The number of halogens is 3. The predicted molar refractivity (Wildman–Crippen MR) is 103 cm³/mol. The van der Waals surface area contributed by atoms with Crippen LogP contribution >= 0.6 is 0 Å². The van der Waals surface area contributed by atoms with Crippen molar-refractivity contribution in [3.63, 3.8) is 0 Å². The molecule has 5 nitrogen and oxygen atoms in total. The van der Waals surface area contributed by atoms with E-state index in [4.69, 9.17) is 0 Å². The number of hydrogen-bond donors (Lipinski definition) is 0. The third-order valence-electron chi connectivity index (χ3n) is 5.37. The third-order valence-corrected chi connectivity index (χ3v) is 5.37. The first-order valence-corrected chi connectivity index (χ1v) is 9.49. The molecule has 0 spiro atoms. The number of anilines is 1. The van der Waals surface area contributed by atoms with Gasteiger partial charge in [-0.05, 0) is 48.5 Å². The van der Waals surface area contributed by atoms with Gasteiger partial charge >= 0.3 is 6.36 Å². The van der Waals surface area contributed by atoms with Crippen molar-refractivity contribution in [2.45, 2.75) is 19.5 Å². The summed E-state index contributed by atoms with van der Waals surface area (Å²) in [6.45, 7) is 4.77. The number of likely N-dealkylation sites (N-methyl/N-ethyl adjacent to an activating group) is 1. The molecule has 0 saturated carbocycles. The maximum Gasteiger partial charge on any atom is 0.573 e. The Morgan fingerprint density at radius 1 is 1.00 bits per heavy atom. The molecule has 154 valence electrons. The number of fused-ring (bicyclic) bond motifs is 1. The van der Waals surface area contributed by atoms with Gasteiger partial charge in [0, 0.05) is 50.5 Å². The number of nitrogens with zero attached hydrogens (tertiary/aromatic N) is 3. The van der Waals surface area contributed by atoms with Crippen LogP contribution in [0, 0.1) is 0 Å². The molecule has 1 amide bonds. The molecule has 0 aliphatic carbocycles. The van der Waals surface area contributed by atoms with E-state index in [2.05, 4.69) is 27.7 Å². The lowest BCUT2D eigenvalue weighted by molar-refractivity contribution is -0.274. The quantitative estimate of drug-likeness (QED) is 0.780. The zero-order valence-corrected chi connectivity index (χ0v) is 16.1. The Labute approximate surface area is 167 Å². The van der Waals surface area contributed by atoms with E-state index in [0.717, 1.165) is 43.0 Å². The number of piperazine rings is 1. The highest BCUT2D eigenvalue weighted by molar-refractivity contribution is 5.98. The maximum absolute atomic E-state index is 12.7. The Morgan fingerprint density at radius 2 is 1.69 bits per heavy atom. The SMILES string of the molecule is CN1CCN(c2ccc3c(c2)CN(Cc2ccc(OC(F)(F)F)cc2)C3=O)CC1. The summed E-state index contributed by atoms with van der Waals surface area (Å²) in [5.41, 5.74) is 3.56. The van der Waals surface area contributed by atoms with Crippen LogP contribution in [0.25, 0.3) is 0 Å². The van der Waals surface area contributed by atoms with Gasteiger partial charge in [0.2, 0.25) is 0 Å². The van der Waals surface area contributed by atoms with E-state index in [9.17, 15) is 18.0 Å². The van der Waals surface area contributed by atoms with Crippen molar-refractivity contribution in [3.05, 3.63) is 59.2 Å². The average Bonchev–Trinajstić information content (AvgIpc) is 2.98. The first-order valence-electron chi connectivity index (χ1n) is 9.49. The second-order valence-electron chi connectivity index (χ2n) is 7.48. The molecule has 2 aliphatic rings. The number of benzene rings is 2. The maximum atomic E-state index is 12.7. The summed E-state index contributed by atoms with van der Waals surface area (Å²) in [5, 5.41) is 0. The number of alkyl halides is 3. The van der Waals surface area contributed by atoms with Gasteiger partial charge in [-0.1, -0.05) is 12.1 Å². The standard InChI is InChI=1S/C21H22F3N3O2/c1-25-8-10-26(11-9-25)17-4-7-19-16(12-17)14-27(20(19)28)13-15-2-5-18(6-3-15)29-21(22,23)24/h2-7,12H,8-11,13-14H2,1H3. The van der Waals surface area contributed by atoms with Gasteiger partial charge in [-0.15, -0.1) is 13.2 Å². The lowest BCUT2D eigenvalue weighted by atomic mass is 10.1. The van der Waals surface area contributed by atoms with Gasteiger partial charge in [-0.3, -0.25) is 4.79 Å². The van der Waals surface area contributed by atoms with Crippen LogP contribution in [-0.2, 0) is 13.1 Å². The zero-order valence-electron chi connectivity index (χ0n) is 16.1. The summed E-state index contributed by atoms with van der Waals surface area (Å²) >= 11 is 0. The fourth-order valence-corrected chi connectivity index (χ4v) is 3.77. The number of rotatable bonds is 4. The van der Waals surface area contributed by atoms with Crippen LogP contribution in [0.15, 0.2) is 42.5 Å². The van der Waals surface area contributed by atoms with Crippen molar-refractivity contribution in [1.82, 2.24) is 9.80 Å². The van der Waals surface area contributed by atoms with Gasteiger partial charge in [0.05, 0.1) is 0 Å². The third kappa shape index (κ3) is 4.48. The zero-order chi connectivity index (χ0) is 20.6. The van der Waals surface area contributed by atoms with Crippen molar-refractivity contribution in [2.75, 3.05) is 38.1 Å². The minimum absolute atomic E-state index is 0.0551. The molecule has 2 aromatic carbocycles. The second-order valence-corrected chi connectivity index (χ2v) is 7.48. The number of hydrogen-bond acceptors (Lipinski definition) is 4. The molecular weight excluding hydrogens is 383 g/mol. The van der Waals surface area contributed by atoms with Crippen molar-refractivity contribution < 1.29 is 22.7 Å². The van der Waals surface area contributed by atoms with Crippen LogP contribution in [0.1, 0.15) is 21.5 Å². The number of amides is 1. The van der Waals surface area contributed by atoms with Gasteiger partial charge in [0.15, 0.2) is 0 Å². The van der Waals surface area contributed by atoms with Crippen LogP contribution in [0.5, 0.6) is 5.75 Å². The Balaban J connectivity index is 1.43. The molecule has 0 radical (unpaired) electrons. The molecule has 2 heterocycles.